The van der Waals surface area contributed by atoms with Crippen molar-refractivity contribution in [2.75, 3.05) is 5.88 Å². The highest BCUT2D eigenvalue weighted by molar-refractivity contribution is 8.00. The van der Waals surface area contributed by atoms with E-state index in [0.717, 1.165) is 5.56 Å². The van der Waals surface area contributed by atoms with Gasteiger partial charge in [-0.05, 0) is 65.7 Å². The minimum atomic E-state index is -1.60. The number of nitrogens with zero attached hydrogens (tertiary/aromatic N) is 1. The standard InChI is InChI=1S/C28H37N3O5S/c1-17-19(13-10-14-21(17)32)24(34)29-20(15-18-11-8-7-9-12-18)22(33)26(36)31-16-37-28(5,6)23(31)25(35)30-27(2,3)4/h7-14,20,22-23,32-33H,15-16H2,1-6H3,(H,29,34)(H,30,35)/t20-,22-,23?/m0/s1. The lowest BCUT2D eigenvalue weighted by molar-refractivity contribution is -0.147. The molecule has 3 atom stereocenters. The van der Waals surface area contributed by atoms with Crippen molar-refractivity contribution in [1.29, 1.82) is 0 Å². The Balaban J connectivity index is 1.89. The van der Waals surface area contributed by atoms with Crippen LogP contribution in [0.1, 0.15) is 56.1 Å². The third-order valence-electron chi connectivity index (χ3n) is 6.37. The second kappa shape index (κ2) is 11.1. The van der Waals surface area contributed by atoms with Crippen LogP contribution in [-0.2, 0) is 16.0 Å². The molecule has 2 aromatic carbocycles. The van der Waals surface area contributed by atoms with Crippen LogP contribution in [0.2, 0.25) is 0 Å². The maximum absolute atomic E-state index is 13.7. The average molecular weight is 528 g/mol. The van der Waals surface area contributed by atoms with Gasteiger partial charge in [-0.15, -0.1) is 11.8 Å². The van der Waals surface area contributed by atoms with Crippen LogP contribution in [0, 0.1) is 6.92 Å². The van der Waals surface area contributed by atoms with Gasteiger partial charge in [-0.25, -0.2) is 0 Å². The molecule has 0 bridgehead atoms. The van der Waals surface area contributed by atoms with Gasteiger partial charge in [-0.3, -0.25) is 14.4 Å². The zero-order chi connectivity index (χ0) is 27.5. The number of carbonyl (C=O) groups is 3. The summed E-state index contributed by atoms with van der Waals surface area (Å²) in [6.07, 6.45) is -1.40. The monoisotopic (exact) mass is 527 g/mol. The number of phenolic OH excluding ortho intramolecular Hbond substituents is 1. The van der Waals surface area contributed by atoms with Crippen LogP contribution in [0.5, 0.6) is 5.75 Å². The first-order chi connectivity index (χ1) is 17.2. The first-order valence-electron chi connectivity index (χ1n) is 12.3. The molecule has 8 nitrogen and oxygen atoms in total. The first kappa shape index (κ1) is 28.5. The maximum Gasteiger partial charge on any atom is 0.254 e. The molecular formula is C28H37N3O5S. The number of aliphatic hydroxyl groups is 1. The second-order valence-electron chi connectivity index (χ2n) is 11.0. The van der Waals surface area contributed by atoms with E-state index in [9.17, 15) is 24.6 Å². The van der Waals surface area contributed by atoms with E-state index < -0.39 is 40.3 Å². The number of thioether (sulfide) groups is 1. The Bertz CT molecular complexity index is 1150. The van der Waals surface area contributed by atoms with Gasteiger partial charge in [-0.1, -0.05) is 36.4 Å². The van der Waals surface area contributed by atoms with Crippen LogP contribution in [0.15, 0.2) is 48.5 Å². The summed E-state index contributed by atoms with van der Waals surface area (Å²) >= 11 is 1.46. The number of phenols is 1. The lowest BCUT2D eigenvalue weighted by atomic mass is 9.96. The first-order valence-corrected chi connectivity index (χ1v) is 13.3. The van der Waals surface area contributed by atoms with Crippen molar-refractivity contribution in [3.8, 4) is 5.75 Å². The number of benzene rings is 2. The quantitative estimate of drug-likeness (QED) is 0.440. The van der Waals surface area contributed by atoms with Crippen molar-refractivity contribution < 1.29 is 24.6 Å². The lowest BCUT2D eigenvalue weighted by Crippen LogP contribution is -2.60. The number of rotatable bonds is 7. The molecule has 0 radical (unpaired) electrons. The van der Waals surface area contributed by atoms with E-state index in [-0.39, 0.29) is 29.5 Å². The minimum Gasteiger partial charge on any atom is -0.508 e. The predicted molar refractivity (Wildman–Crippen MR) is 145 cm³/mol. The number of amides is 3. The van der Waals surface area contributed by atoms with E-state index in [1.165, 1.54) is 22.7 Å². The van der Waals surface area contributed by atoms with Gasteiger partial charge >= 0.3 is 0 Å². The Kier molecular flexibility index (Phi) is 8.59. The van der Waals surface area contributed by atoms with E-state index in [1.54, 1.807) is 19.1 Å². The second-order valence-corrected chi connectivity index (χ2v) is 12.6. The van der Waals surface area contributed by atoms with E-state index in [4.69, 9.17) is 0 Å². The summed E-state index contributed by atoms with van der Waals surface area (Å²) in [6, 6.07) is 12.1. The molecule has 0 spiro atoms. The van der Waals surface area contributed by atoms with Gasteiger partial charge in [0, 0.05) is 21.4 Å². The summed E-state index contributed by atoms with van der Waals surface area (Å²) < 4.78 is -0.568. The van der Waals surface area contributed by atoms with Crippen LogP contribution < -0.4 is 10.6 Å². The van der Waals surface area contributed by atoms with Crippen molar-refractivity contribution in [2.24, 2.45) is 0 Å². The van der Waals surface area contributed by atoms with Gasteiger partial charge in [0.1, 0.15) is 11.8 Å². The van der Waals surface area contributed by atoms with Crippen molar-refractivity contribution in [1.82, 2.24) is 15.5 Å². The number of aromatic hydroxyl groups is 1. The molecule has 1 fully saturated rings. The Labute approximate surface area is 222 Å². The van der Waals surface area contributed by atoms with Crippen LogP contribution in [0.3, 0.4) is 0 Å². The fraction of sp³-hybridized carbons (Fsp3) is 0.464. The SMILES string of the molecule is Cc1c(O)cccc1C(=O)N[C@@H](Cc1ccccc1)[C@H](O)C(=O)N1CSC(C)(C)C1C(=O)NC(C)(C)C. The molecule has 0 saturated carbocycles. The summed E-state index contributed by atoms with van der Waals surface area (Å²) in [5, 5.41) is 27.1. The molecule has 37 heavy (non-hydrogen) atoms. The van der Waals surface area contributed by atoms with Gasteiger partial charge in [0.25, 0.3) is 11.8 Å². The van der Waals surface area contributed by atoms with Crippen LogP contribution >= 0.6 is 11.8 Å². The van der Waals surface area contributed by atoms with Gasteiger partial charge in [0.05, 0.1) is 11.9 Å². The molecule has 1 aliphatic heterocycles. The van der Waals surface area contributed by atoms with Gasteiger partial charge in [0.2, 0.25) is 5.91 Å². The molecular weight excluding hydrogens is 490 g/mol. The van der Waals surface area contributed by atoms with Gasteiger partial charge in [-0.2, -0.15) is 0 Å². The molecule has 2 aromatic rings. The maximum atomic E-state index is 13.7. The molecule has 200 valence electrons. The molecule has 4 N–H and O–H groups in total. The van der Waals surface area contributed by atoms with Crippen molar-refractivity contribution in [2.45, 2.75) is 76.4 Å². The van der Waals surface area contributed by atoms with E-state index in [1.807, 2.05) is 65.0 Å². The number of hydrogen-bond donors (Lipinski definition) is 4. The average Bonchev–Trinajstić information content (AvgIpc) is 3.14. The molecule has 1 aliphatic rings. The summed E-state index contributed by atoms with van der Waals surface area (Å²) in [4.78, 5) is 41.5. The van der Waals surface area contributed by atoms with E-state index >= 15 is 0 Å². The molecule has 1 heterocycles. The Morgan fingerprint density at radius 1 is 1.11 bits per heavy atom. The van der Waals surface area contributed by atoms with Crippen molar-refractivity contribution in [3.05, 3.63) is 65.2 Å². The Morgan fingerprint density at radius 3 is 2.38 bits per heavy atom. The summed E-state index contributed by atoms with van der Waals surface area (Å²) in [5.41, 5.74) is 0.982. The smallest absolute Gasteiger partial charge is 0.254 e. The number of carbonyl (C=O) groups excluding carboxylic acids is 3. The molecule has 9 heteroatoms. The summed E-state index contributed by atoms with van der Waals surface area (Å²) in [7, 11) is 0. The van der Waals surface area contributed by atoms with Crippen LogP contribution in [0.4, 0.5) is 0 Å². The van der Waals surface area contributed by atoms with Crippen LogP contribution in [-0.4, -0.2) is 67.2 Å². The summed E-state index contributed by atoms with van der Waals surface area (Å²) in [5.74, 6) is -1.21. The highest BCUT2D eigenvalue weighted by Crippen LogP contribution is 2.40. The number of nitrogens with one attached hydrogen (secondary N) is 2. The fourth-order valence-electron chi connectivity index (χ4n) is 4.42. The Morgan fingerprint density at radius 2 is 1.76 bits per heavy atom. The van der Waals surface area contributed by atoms with Gasteiger partial charge < -0.3 is 25.7 Å². The molecule has 3 rings (SSSR count). The number of aliphatic hydroxyl groups excluding tert-OH is 1. The molecule has 0 aliphatic carbocycles. The normalized spacial score (nSPS) is 18.7. The minimum absolute atomic E-state index is 0.0205. The summed E-state index contributed by atoms with van der Waals surface area (Å²) in [6.45, 7) is 11.0. The zero-order valence-corrected chi connectivity index (χ0v) is 23.1. The lowest BCUT2D eigenvalue weighted by Gasteiger charge is -2.35. The predicted octanol–water partition coefficient (Wildman–Crippen LogP) is 3.00. The Hall–Kier alpha value is -3.04. The third-order valence-corrected chi connectivity index (χ3v) is 7.75. The zero-order valence-electron chi connectivity index (χ0n) is 22.2. The van der Waals surface area contributed by atoms with Crippen LogP contribution in [0.25, 0.3) is 0 Å². The topological polar surface area (TPSA) is 119 Å². The molecule has 3 amide bonds. The van der Waals surface area contributed by atoms with E-state index in [0.29, 0.717) is 5.56 Å². The highest BCUT2D eigenvalue weighted by atomic mass is 32.2. The number of hydrogen-bond acceptors (Lipinski definition) is 6. The third kappa shape index (κ3) is 6.84. The van der Waals surface area contributed by atoms with E-state index in [2.05, 4.69) is 10.6 Å². The molecule has 0 aromatic heterocycles. The van der Waals surface area contributed by atoms with Crippen molar-refractivity contribution >= 4 is 29.5 Å². The largest absolute Gasteiger partial charge is 0.508 e. The fourth-order valence-corrected chi connectivity index (χ4v) is 5.56. The van der Waals surface area contributed by atoms with Crippen molar-refractivity contribution in [3.63, 3.8) is 0 Å². The molecule has 1 unspecified atom stereocenters. The molecule has 1 saturated heterocycles. The van der Waals surface area contributed by atoms with Gasteiger partial charge in [0.15, 0.2) is 6.10 Å². The highest BCUT2D eigenvalue weighted by Gasteiger charge is 2.50.